The van der Waals surface area contributed by atoms with Crippen LogP contribution in [-0.4, -0.2) is 41.8 Å². The summed E-state index contributed by atoms with van der Waals surface area (Å²) in [5, 5.41) is 13.0. The van der Waals surface area contributed by atoms with Crippen LogP contribution in [0.3, 0.4) is 0 Å². The fraction of sp³-hybridized carbons (Fsp3) is 0.500. The van der Waals surface area contributed by atoms with Gasteiger partial charge in [0.25, 0.3) is 5.69 Å². The molecule has 1 N–H and O–H groups in total. The number of alkyl halides is 3. The molecule has 2 rings (SSSR count). The lowest BCUT2D eigenvalue weighted by Gasteiger charge is -2.37. The van der Waals surface area contributed by atoms with Crippen LogP contribution in [0.15, 0.2) is 24.3 Å². The number of nitro benzene ring substituents is 1. The smallest absolute Gasteiger partial charge is 0.290 e. The van der Waals surface area contributed by atoms with E-state index in [0.717, 1.165) is 0 Å². The zero-order valence-electron chi connectivity index (χ0n) is 10.8. The van der Waals surface area contributed by atoms with E-state index in [1.165, 1.54) is 36.2 Å². The van der Waals surface area contributed by atoms with Crippen molar-refractivity contribution in [2.24, 2.45) is 0 Å². The van der Waals surface area contributed by atoms with E-state index >= 15 is 0 Å². The van der Waals surface area contributed by atoms with Gasteiger partial charge < -0.3 is 0 Å². The molecule has 1 saturated heterocycles. The maximum Gasteiger partial charge on any atom is 0.420 e. The molecule has 1 aliphatic heterocycles. The second-order valence-electron chi connectivity index (χ2n) is 4.81. The second kappa shape index (κ2) is 5.02. The van der Waals surface area contributed by atoms with E-state index in [4.69, 9.17) is 0 Å². The molecule has 1 aromatic carbocycles. The minimum atomic E-state index is -4.43. The van der Waals surface area contributed by atoms with Crippen LogP contribution in [0.25, 0.3) is 0 Å². The summed E-state index contributed by atoms with van der Waals surface area (Å²) in [6.45, 7) is 0.551. The lowest BCUT2D eigenvalue weighted by molar-refractivity contribution is -0.384. The van der Waals surface area contributed by atoms with Crippen LogP contribution in [0.1, 0.15) is 5.56 Å². The zero-order chi connectivity index (χ0) is 15.0. The molecular formula is C12H14F3N3O2. The molecule has 1 aromatic rings. The number of benzene rings is 1. The summed E-state index contributed by atoms with van der Waals surface area (Å²) in [6, 6.07) is 5.15. The maximum atomic E-state index is 13.3. The van der Waals surface area contributed by atoms with Gasteiger partial charge in [0.1, 0.15) is 0 Å². The van der Waals surface area contributed by atoms with Gasteiger partial charge in [-0.25, -0.2) is 0 Å². The molecule has 0 bridgehead atoms. The van der Waals surface area contributed by atoms with Crippen molar-refractivity contribution in [2.45, 2.75) is 18.3 Å². The van der Waals surface area contributed by atoms with Gasteiger partial charge in [0.15, 0.2) is 5.66 Å². The second-order valence-corrected chi connectivity index (χ2v) is 4.81. The predicted octanol–water partition coefficient (Wildman–Crippen LogP) is 1.93. The number of halogens is 3. The Hall–Kier alpha value is -1.67. The molecule has 0 aromatic heterocycles. The number of hydrogen-bond donors (Lipinski definition) is 1. The summed E-state index contributed by atoms with van der Waals surface area (Å²) >= 11 is 0. The third kappa shape index (κ3) is 2.48. The minimum Gasteiger partial charge on any atom is -0.290 e. The summed E-state index contributed by atoms with van der Waals surface area (Å²) in [6.07, 6.45) is -4.72. The van der Waals surface area contributed by atoms with Crippen LogP contribution in [0.5, 0.6) is 0 Å². The summed E-state index contributed by atoms with van der Waals surface area (Å²) in [7, 11) is 1.42. The van der Waals surface area contributed by atoms with Gasteiger partial charge in [0.05, 0.1) is 4.92 Å². The Morgan fingerprint density at radius 2 is 2.00 bits per heavy atom. The fourth-order valence-electron chi connectivity index (χ4n) is 2.40. The first-order valence-electron chi connectivity index (χ1n) is 6.02. The predicted molar refractivity (Wildman–Crippen MR) is 66.2 cm³/mol. The van der Waals surface area contributed by atoms with Gasteiger partial charge >= 0.3 is 6.18 Å². The monoisotopic (exact) mass is 289 g/mol. The molecular weight excluding hydrogens is 275 g/mol. The van der Waals surface area contributed by atoms with Crippen molar-refractivity contribution in [3.8, 4) is 0 Å². The first-order valence-corrected chi connectivity index (χ1v) is 6.02. The van der Waals surface area contributed by atoms with E-state index in [1.807, 2.05) is 0 Å². The number of hydrogen-bond acceptors (Lipinski definition) is 4. The molecule has 0 spiro atoms. The van der Waals surface area contributed by atoms with Gasteiger partial charge in [0.2, 0.25) is 0 Å². The Balaban J connectivity index is 2.27. The molecule has 0 aliphatic carbocycles. The van der Waals surface area contributed by atoms with Crippen LogP contribution >= 0.6 is 0 Å². The van der Waals surface area contributed by atoms with Gasteiger partial charge in [-0.05, 0) is 12.6 Å². The van der Waals surface area contributed by atoms with Gasteiger partial charge in [-0.2, -0.15) is 13.2 Å². The van der Waals surface area contributed by atoms with E-state index in [0.29, 0.717) is 12.1 Å². The van der Waals surface area contributed by atoms with Crippen LogP contribution in [0.2, 0.25) is 0 Å². The Labute approximate surface area is 113 Å². The third-order valence-corrected chi connectivity index (χ3v) is 3.59. The van der Waals surface area contributed by atoms with Crippen molar-refractivity contribution < 1.29 is 18.1 Å². The molecule has 0 amide bonds. The standard InChI is InChI=1S/C12H14F3N3O2/c1-17-7-6-16-11(17,12(13,14)15)8-9-2-4-10(5-3-9)18(19)20/h2-5,16H,6-8H2,1H3. The van der Waals surface area contributed by atoms with Gasteiger partial charge in [-0.1, -0.05) is 12.1 Å². The molecule has 1 unspecified atom stereocenters. The highest BCUT2D eigenvalue weighted by Crippen LogP contribution is 2.37. The van der Waals surface area contributed by atoms with Crippen LogP contribution in [0.4, 0.5) is 18.9 Å². The Morgan fingerprint density at radius 1 is 1.40 bits per heavy atom. The first-order chi connectivity index (χ1) is 9.26. The summed E-state index contributed by atoms with van der Waals surface area (Å²) < 4.78 is 40.0. The summed E-state index contributed by atoms with van der Waals surface area (Å²) in [5.41, 5.74) is -1.85. The minimum absolute atomic E-state index is 0.137. The molecule has 1 atom stereocenters. The largest absolute Gasteiger partial charge is 0.420 e. The first kappa shape index (κ1) is 14.7. The molecule has 1 aliphatic rings. The van der Waals surface area contributed by atoms with Crippen LogP contribution in [0, 0.1) is 10.1 Å². The molecule has 0 saturated carbocycles. The fourth-order valence-corrected chi connectivity index (χ4v) is 2.40. The SMILES string of the molecule is CN1CCNC1(Cc1ccc([N+](=O)[O-])cc1)C(F)(F)F. The van der Waals surface area contributed by atoms with Crippen molar-refractivity contribution in [2.75, 3.05) is 20.1 Å². The average molecular weight is 289 g/mol. The van der Waals surface area contributed by atoms with Gasteiger partial charge in [0, 0.05) is 31.6 Å². The third-order valence-electron chi connectivity index (χ3n) is 3.59. The lowest BCUT2D eigenvalue weighted by Crippen LogP contribution is -2.62. The number of nitrogens with zero attached hydrogens (tertiary/aromatic N) is 2. The highest BCUT2D eigenvalue weighted by atomic mass is 19.4. The molecule has 1 fully saturated rings. The van der Waals surface area contributed by atoms with Crippen molar-refractivity contribution in [3.05, 3.63) is 39.9 Å². The quantitative estimate of drug-likeness (QED) is 0.682. The topological polar surface area (TPSA) is 58.4 Å². The number of non-ortho nitro benzene ring substituents is 1. The molecule has 0 radical (unpaired) electrons. The zero-order valence-corrected chi connectivity index (χ0v) is 10.8. The number of likely N-dealkylation sites (N-methyl/N-ethyl adjacent to an activating group) is 1. The van der Waals surface area contributed by atoms with E-state index < -0.39 is 16.8 Å². The van der Waals surface area contributed by atoms with E-state index in [1.54, 1.807) is 0 Å². The van der Waals surface area contributed by atoms with Crippen molar-refractivity contribution in [1.82, 2.24) is 10.2 Å². The van der Waals surface area contributed by atoms with E-state index in [-0.39, 0.29) is 18.7 Å². The van der Waals surface area contributed by atoms with Gasteiger partial charge in [-0.3, -0.25) is 20.3 Å². The number of rotatable bonds is 3. The van der Waals surface area contributed by atoms with E-state index in [9.17, 15) is 23.3 Å². The van der Waals surface area contributed by atoms with Gasteiger partial charge in [-0.15, -0.1) is 0 Å². The Bertz CT molecular complexity index is 504. The Kier molecular flexibility index (Phi) is 3.70. The number of nitro groups is 1. The summed E-state index contributed by atoms with van der Waals surface area (Å²) in [4.78, 5) is 11.2. The van der Waals surface area contributed by atoms with E-state index in [2.05, 4.69) is 5.32 Å². The van der Waals surface area contributed by atoms with Crippen LogP contribution in [-0.2, 0) is 6.42 Å². The lowest BCUT2D eigenvalue weighted by atomic mass is 9.98. The maximum absolute atomic E-state index is 13.3. The number of nitrogens with one attached hydrogen (secondary N) is 1. The molecule has 8 heteroatoms. The molecule has 110 valence electrons. The van der Waals surface area contributed by atoms with Crippen molar-refractivity contribution >= 4 is 5.69 Å². The summed E-state index contributed by atoms with van der Waals surface area (Å²) in [5.74, 6) is 0. The average Bonchev–Trinajstić information content (AvgIpc) is 2.72. The van der Waals surface area contributed by atoms with Crippen LogP contribution < -0.4 is 5.32 Å². The molecule has 1 heterocycles. The highest BCUT2D eigenvalue weighted by Gasteiger charge is 2.59. The highest BCUT2D eigenvalue weighted by molar-refractivity contribution is 5.34. The van der Waals surface area contributed by atoms with Crippen molar-refractivity contribution in [3.63, 3.8) is 0 Å². The Morgan fingerprint density at radius 3 is 2.40 bits per heavy atom. The molecule has 5 nitrogen and oxygen atoms in total. The normalized spacial score (nSPS) is 24.0. The molecule has 20 heavy (non-hydrogen) atoms. The van der Waals surface area contributed by atoms with Crippen molar-refractivity contribution in [1.29, 1.82) is 0 Å².